The highest BCUT2D eigenvalue weighted by Crippen LogP contribution is 2.27. The molecular formula is C18H25F2N5O2. The molecule has 0 radical (unpaired) electrons. The fourth-order valence-electron chi connectivity index (χ4n) is 2.80. The summed E-state index contributed by atoms with van der Waals surface area (Å²) in [6.45, 7) is 0.974. The number of nitrogens with two attached hydrogens (primary N) is 2. The summed E-state index contributed by atoms with van der Waals surface area (Å²) in [5.41, 5.74) is 8.98. The average Bonchev–Trinajstić information content (AvgIpc) is 2.62. The smallest absolute Gasteiger partial charge is 0.272 e. The maximum absolute atomic E-state index is 12.8. The van der Waals surface area contributed by atoms with Crippen LogP contribution in [0.15, 0.2) is 35.1 Å². The largest absolute Gasteiger partial charge is 0.387 e. The number of alkyl halides is 2. The molecule has 1 unspecified atom stereocenters. The molecule has 0 bridgehead atoms. The van der Waals surface area contributed by atoms with Gasteiger partial charge < -0.3 is 21.9 Å². The summed E-state index contributed by atoms with van der Waals surface area (Å²) in [5.74, 6) is -0.842. The Balaban J connectivity index is 2.16. The van der Waals surface area contributed by atoms with E-state index in [4.69, 9.17) is 11.5 Å². The van der Waals surface area contributed by atoms with Crippen LogP contribution in [0, 0.1) is 0 Å². The van der Waals surface area contributed by atoms with Crippen molar-refractivity contribution in [2.75, 3.05) is 0 Å². The number of hydrogen-bond donors (Lipinski definition) is 4. The Morgan fingerprint density at radius 3 is 2.56 bits per heavy atom. The lowest BCUT2D eigenvalue weighted by atomic mass is 9.95. The zero-order valence-electron chi connectivity index (χ0n) is 15.2. The fraction of sp³-hybridized carbons (Fsp3) is 0.500. The van der Waals surface area contributed by atoms with Gasteiger partial charge in [0.1, 0.15) is 5.84 Å². The van der Waals surface area contributed by atoms with Crippen molar-refractivity contribution in [2.24, 2.45) is 16.5 Å². The predicted molar refractivity (Wildman–Crippen MR) is 98.4 cm³/mol. The average molecular weight is 381 g/mol. The Morgan fingerprint density at radius 2 is 2.04 bits per heavy atom. The van der Waals surface area contributed by atoms with Gasteiger partial charge >= 0.3 is 0 Å². The van der Waals surface area contributed by atoms with E-state index in [0.717, 1.165) is 32.6 Å². The maximum Gasteiger partial charge on any atom is 0.272 e. The lowest BCUT2D eigenvalue weighted by Crippen LogP contribution is -2.32. The van der Waals surface area contributed by atoms with E-state index in [9.17, 15) is 18.7 Å². The van der Waals surface area contributed by atoms with Crippen molar-refractivity contribution >= 4 is 17.4 Å². The molecule has 2 rings (SSSR count). The zero-order valence-corrected chi connectivity index (χ0v) is 15.2. The fourth-order valence-corrected chi connectivity index (χ4v) is 2.80. The van der Waals surface area contributed by atoms with Crippen LogP contribution in [0.5, 0.6) is 0 Å². The van der Waals surface area contributed by atoms with E-state index >= 15 is 0 Å². The van der Waals surface area contributed by atoms with E-state index in [1.165, 1.54) is 31.0 Å². The Kier molecular flexibility index (Phi) is 6.84. The molecule has 1 aliphatic carbocycles. The minimum absolute atomic E-state index is 0.0317. The first-order chi connectivity index (χ1) is 12.7. The summed E-state index contributed by atoms with van der Waals surface area (Å²) in [4.78, 5) is 19.6. The van der Waals surface area contributed by atoms with Crippen LogP contribution >= 0.6 is 0 Å². The number of carbonyl (C=O) groups excluding carboxylic acids is 1. The van der Waals surface area contributed by atoms with Crippen molar-refractivity contribution in [1.82, 2.24) is 10.3 Å². The van der Waals surface area contributed by atoms with Crippen molar-refractivity contribution in [3.8, 4) is 0 Å². The summed E-state index contributed by atoms with van der Waals surface area (Å²) >= 11 is 0. The Labute approximate surface area is 156 Å². The molecule has 27 heavy (non-hydrogen) atoms. The second kappa shape index (κ2) is 8.90. The molecule has 0 spiro atoms. The maximum atomic E-state index is 12.8. The minimum Gasteiger partial charge on any atom is -0.387 e. The van der Waals surface area contributed by atoms with E-state index in [0.29, 0.717) is 0 Å². The van der Waals surface area contributed by atoms with Gasteiger partial charge in [0, 0.05) is 12.2 Å². The highest BCUT2D eigenvalue weighted by atomic mass is 19.3. The van der Waals surface area contributed by atoms with E-state index < -0.39 is 17.9 Å². The Morgan fingerprint density at radius 1 is 1.37 bits per heavy atom. The number of pyridine rings is 1. The number of aliphatic hydroxyl groups is 1. The molecule has 1 amide bonds. The number of aliphatic imine (C=N–C) groups is 1. The standard InChI is InChI=1S/C18H25F2N5O2/c1-18(27,17(19)20)14-8-7-12(9-24-14)25-15(21)13(16(22)26)10-23-11-5-3-2-4-6-11/h7-11,17,23,27H,2-6H2,1H3,(H2,21,25)(H2,22,26)/b13-10+. The normalized spacial score (nSPS) is 19.0. The van der Waals surface area contributed by atoms with Crippen molar-refractivity contribution in [2.45, 2.75) is 57.1 Å². The molecule has 1 aliphatic rings. The third-order valence-corrected chi connectivity index (χ3v) is 4.55. The number of nitrogens with zero attached hydrogens (tertiary/aromatic N) is 2. The minimum atomic E-state index is -2.99. The summed E-state index contributed by atoms with van der Waals surface area (Å²) in [7, 11) is 0. The molecule has 1 heterocycles. The van der Waals surface area contributed by atoms with Crippen LogP contribution in [0.4, 0.5) is 14.5 Å². The lowest BCUT2D eigenvalue weighted by molar-refractivity contribution is -0.114. The van der Waals surface area contributed by atoms with Crippen LogP contribution < -0.4 is 16.8 Å². The van der Waals surface area contributed by atoms with Gasteiger partial charge in [0.15, 0.2) is 5.60 Å². The van der Waals surface area contributed by atoms with Crippen LogP contribution in [0.2, 0.25) is 0 Å². The molecule has 7 nitrogen and oxygen atoms in total. The number of nitrogens with one attached hydrogen (secondary N) is 1. The predicted octanol–water partition coefficient (Wildman–Crippen LogP) is 1.83. The number of rotatable bonds is 7. The molecule has 148 valence electrons. The first-order valence-corrected chi connectivity index (χ1v) is 8.79. The molecule has 6 N–H and O–H groups in total. The Bertz CT molecular complexity index is 711. The van der Waals surface area contributed by atoms with Gasteiger partial charge in [0.25, 0.3) is 12.3 Å². The van der Waals surface area contributed by atoms with Gasteiger partial charge in [-0.15, -0.1) is 0 Å². The number of primary amides is 1. The van der Waals surface area contributed by atoms with E-state index in [2.05, 4.69) is 15.3 Å². The number of aromatic nitrogens is 1. The van der Waals surface area contributed by atoms with Gasteiger partial charge in [-0.05, 0) is 31.9 Å². The van der Waals surface area contributed by atoms with Gasteiger partial charge in [0.05, 0.1) is 23.2 Å². The highest BCUT2D eigenvalue weighted by Gasteiger charge is 2.35. The molecule has 1 aromatic heterocycles. The van der Waals surface area contributed by atoms with Gasteiger partial charge in [-0.3, -0.25) is 9.78 Å². The zero-order chi connectivity index (χ0) is 20.0. The lowest BCUT2D eigenvalue weighted by Gasteiger charge is -2.22. The summed E-state index contributed by atoms with van der Waals surface area (Å²) < 4.78 is 25.7. The van der Waals surface area contributed by atoms with Crippen LogP contribution in [0.25, 0.3) is 0 Å². The monoisotopic (exact) mass is 381 g/mol. The van der Waals surface area contributed by atoms with Crippen molar-refractivity contribution in [3.05, 3.63) is 35.8 Å². The topological polar surface area (TPSA) is 127 Å². The third-order valence-electron chi connectivity index (χ3n) is 4.55. The van der Waals surface area contributed by atoms with Crippen molar-refractivity contribution in [1.29, 1.82) is 0 Å². The van der Waals surface area contributed by atoms with Crippen molar-refractivity contribution in [3.63, 3.8) is 0 Å². The summed E-state index contributed by atoms with van der Waals surface area (Å²) in [6, 6.07) is 2.87. The van der Waals surface area contributed by atoms with E-state index in [1.54, 1.807) is 0 Å². The van der Waals surface area contributed by atoms with Gasteiger partial charge in [-0.2, -0.15) is 0 Å². The second-order valence-corrected chi connectivity index (χ2v) is 6.77. The summed E-state index contributed by atoms with van der Waals surface area (Å²) in [6.07, 6.45) is 5.15. The molecule has 0 aliphatic heterocycles. The highest BCUT2D eigenvalue weighted by molar-refractivity contribution is 6.20. The molecule has 1 aromatic rings. The van der Waals surface area contributed by atoms with E-state index in [-0.39, 0.29) is 28.8 Å². The molecule has 0 saturated heterocycles. The SMILES string of the molecule is CC(O)(c1ccc(N=C(N)/C(=C\NC2CCCCC2)C(N)=O)cn1)C(F)F. The van der Waals surface area contributed by atoms with Gasteiger partial charge in [-0.25, -0.2) is 13.8 Å². The van der Waals surface area contributed by atoms with Crippen molar-refractivity contribution < 1.29 is 18.7 Å². The molecule has 1 atom stereocenters. The number of amides is 1. The first-order valence-electron chi connectivity index (χ1n) is 8.79. The number of amidine groups is 1. The Hall–Kier alpha value is -2.55. The van der Waals surface area contributed by atoms with Gasteiger partial charge in [-0.1, -0.05) is 19.3 Å². The quantitative estimate of drug-likeness (QED) is 0.326. The number of hydrogen-bond acceptors (Lipinski definition) is 5. The molecule has 1 saturated carbocycles. The van der Waals surface area contributed by atoms with Crippen LogP contribution in [-0.4, -0.2) is 34.3 Å². The molecule has 1 fully saturated rings. The number of carbonyl (C=O) groups is 1. The third kappa shape index (κ3) is 5.46. The van der Waals surface area contributed by atoms with Crippen LogP contribution in [0.1, 0.15) is 44.7 Å². The first kappa shape index (κ1) is 20.8. The van der Waals surface area contributed by atoms with Crippen LogP contribution in [0.3, 0.4) is 0 Å². The number of halogens is 2. The van der Waals surface area contributed by atoms with Crippen LogP contribution in [-0.2, 0) is 10.4 Å². The summed E-state index contributed by atoms with van der Waals surface area (Å²) in [5, 5.41) is 12.9. The molecular weight excluding hydrogens is 356 g/mol. The molecule has 9 heteroatoms. The molecule has 0 aromatic carbocycles. The second-order valence-electron chi connectivity index (χ2n) is 6.77. The van der Waals surface area contributed by atoms with E-state index in [1.807, 2.05) is 0 Å². The van der Waals surface area contributed by atoms with Gasteiger partial charge in [0.2, 0.25) is 0 Å².